The Morgan fingerprint density at radius 3 is 2.26 bits per heavy atom. The lowest BCUT2D eigenvalue weighted by Gasteiger charge is -2.17. The van der Waals surface area contributed by atoms with Gasteiger partial charge in [0.15, 0.2) is 11.5 Å². The van der Waals surface area contributed by atoms with Crippen molar-refractivity contribution in [3.63, 3.8) is 0 Å². The molecule has 0 amide bonds. The largest absolute Gasteiger partial charge is 0.504 e. The molecule has 0 heterocycles. The van der Waals surface area contributed by atoms with Gasteiger partial charge in [0.1, 0.15) is 0 Å². The highest BCUT2D eigenvalue weighted by atomic mass is 16.5. The SMILES string of the molecule is CCOc1cc(CC(CN)c2ccc(C(C)C)cc2)ccc1O. The van der Waals surface area contributed by atoms with Crippen LogP contribution in [-0.4, -0.2) is 18.3 Å². The molecule has 3 N–H and O–H groups in total. The van der Waals surface area contributed by atoms with Gasteiger partial charge in [-0.3, -0.25) is 0 Å². The van der Waals surface area contributed by atoms with Crippen LogP contribution in [0.4, 0.5) is 0 Å². The van der Waals surface area contributed by atoms with E-state index in [0.29, 0.717) is 24.8 Å². The number of hydrogen-bond acceptors (Lipinski definition) is 3. The van der Waals surface area contributed by atoms with E-state index in [1.165, 1.54) is 11.1 Å². The van der Waals surface area contributed by atoms with E-state index in [1.807, 2.05) is 19.1 Å². The van der Waals surface area contributed by atoms with Crippen LogP contribution in [0.15, 0.2) is 42.5 Å². The van der Waals surface area contributed by atoms with Crippen LogP contribution in [0, 0.1) is 0 Å². The monoisotopic (exact) mass is 313 g/mol. The summed E-state index contributed by atoms with van der Waals surface area (Å²) in [5, 5.41) is 9.81. The first-order valence-electron chi connectivity index (χ1n) is 8.29. The number of nitrogens with two attached hydrogens (primary N) is 1. The molecule has 0 saturated carbocycles. The molecule has 23 heavy (non-hydrogen) atoms. The van der Waals surface area contributed by atoms with Crippen molar-refractivity contribution in [3.8, 4) is 11.5 Å². The molecule has 3 nitrogen and oxygen atoms in total. The van der Waals surface area contributed by atoms with Crippen molar-refractivity contribution >= 4 is 0 Å². The average Bonchev–Trinajstić information content (AvgIpc) is 2.56. The Morgan fingerprint density at radius 2 is 1.70 bits per heavy atom. The van der Waals surface area contributed by atoms with E-state index in [1.54, 1.807) is 6.07 Å². The molecule has 0 bridgehead atoms. The predicted molar refractivity (Wildman–Crippen MR) is 95.3 cm³/mol. The van der Waals surface area contributed by atoms with Crippen LogP contribution < -0.4 is 10.5 Å². The molecule has 0 aliphatic heterocycles. The van der Waals surface area contributed by atoms with Gasteiger partial charge in [-0.05, 0) is 54.6 Å². The van der Waals surface area contributed by atoms with Crippen molar-refractivity contribution in [2.24, 2.45) is 5.73 Å². The summed E-state index contributed by atoms with van der Waals surface area (Å²) in [6.45, 7) is 7.42. The molecular weight excluding hydrogens is 286 g/mol. The summed E-state index contributed by atoms with van der Waals surface area (Å²) in [5.41, 5.74) is 9.71. The van der Waals surface area contributed by atoms with E-state index in [4.69, 9.17) is 10.5 Å². The molecule has 124 valence electrons. The van der Waals surface area contributed by atoms with Crippen LogP contribution in [0.5, 0.6) is 11.5 Å². The fourth-order valence-electron chi connectivity index (χ4n) is 2.73. The summed E-state index contributed by atoms with van der Waals surface area (Å²) in [5.74, 6) is 1.51. The van der Waals surface area contributed by atoms with E-state index in [9.17, 15) is 5.11 Å². The van der Waals surface area contributed by atoms with Gasteiger partial charge in [-0.15, -0.1) is 0 Å². The van der Waals surface area contributed by atoms with Gasteiger partial charge in [-0.2, -0.15) is 0 Å². The van der Waals surface area contributed by atoms with Gasteiger partial charge in [-0.1, -0.05) is 44.2 Å². The molecule has 0 aromatic heterocycles. The van der Waals surface area contributed by atoms with Gasteiger partial charge < -0.3 is 15.6 Å². The van der Waals surface area contributed by atoms with E-state index in [0.717, 1.165) is 12.0 Å². The number of rotatable bonds is 7. The summed E-state index contributed by atoms with van der Waals surface area (Å²) in [6.07, 6.45) is 0.831. The third kappa shape index (κ3) is 4.49. The third-order valence-corrected chi connectivity index (χ3v) is 4.17. The number of phenols is 1. The zero-order valence-electron chi connectivity index (χ0n) is 14.3. The molecule has 3 heteroatoms. The van der Waals surface area contributed by atoms with Crippen molar-refractivity contribution in [1.29, 1.82) is 0 Å². The van der Waals surface area contributed by atoms with Crippen LogP contribution in [0.2, 0.25) is 0 Å². The smallest absolute Gasteiger partial charge is 0.161 e. The molecule has 2 aromatic carbocycles. The maximum atomic E-state index is 9.81. The number of benzene rings is 2. The minimum absolute atomic E-state index is 0.182. The molecule has 0 saturated heterocycles. The number of hydrogen-bond donors (Lipinski definition) is 2. The summed E-state index contributed by atoms with van der Waals surface area (Å²) in [6, 6.07) is 14.3. The minimum atomic E-state index is 0.182. The molecule has 0 spiro atoms. The third-order valence-electron chi connectivity index (χ3n) is 4.17. The maximum absolute atomic E-state index is 9.81. The molecule has 0 aliphatic rings. The first-order valence-corrected chi connectivity index (χ1v) is 8.29. The minimum Gasteiger partial charge on any atom is -0.504 e. The fourth-order valence-corrected chi connectivity index (χ4v) is 2.73. The van der Waals surface area contributed by atoms with Crippen LogP contribution in [0.1, 0.15) is 49.3 Å². The van der Waals surface area contributed by atoms with Crippen molar-refractivity contribution in [2.45, 2.75) is 39.0 Å². The quantitative estimate of drug-likeness (QED) is 0.805. The zero-order valence-corrected chi connectivity index (χ0v) is 14.3. The molecule has 0 radical (unpaired) electrons. The topological polar surface area (TPSA) is 55.5 Å². The van der Waals surface area contributed by atoms with Crippen LogP contribution in [0.25, 0.3) is 0 Å². The number of aromatic hydroxyl groups is 1. The van der Waals surface area contributed by atoms with E-state index < -0.39 is 0 Å². The van der Waals surface area contributed by atoms with Crippen molar-refractivity contribution in [3.05, 3.63) is 59.2 Å². The number of phenolic OH excluding ortho intramolecular Hbond substituents is 1. The fraction of sp³-hybridized carbons (Fsp3) is 0.400. The Kier molecular flexibility index (Phi) is 6.05. The molecule has 1 atom stereocenters. The lowest BCUT2D eigenvalue weighted by Crippen LogP contribution is -2.15. The van der Waals surface area contributed by atoms with Crippen LogP contribution in [0.3, 0.4) is 0 Å². The molecule has 1 unspecified atom stereocenters. The van der Waals surface area contributed by atoms with Crippen LogP contribution in [-0.2, 0) is 6.42 Å². The summed E-state index contributed by atoms with van der Waals surface area (Å²) in [4.78, 5) is 0. The lowest BCUT2D eigenvalue weighted by molar-refractivity contribution is 0.317. The highest BCUT2D eigenvalue weighted by molar-refractivity contribution is 5.42. The highest BCUT2D eigenvalue weighted by Gasteiger charge is 2.13. The molecule has 0 aliphatic carbocycles. The highest BCUT2D eigenvalue weighted by Crippen LogP contribution is 2.29. The zero-order chi connectivity index (χ0) is 16.8. The Balaban J connectivity index is 2.17. The molecular formula is C20H27NO2. The van der Waals surface area contributed by atoms with Gasteiger partial charge in [0.2, 0.25) is 0 Å². The van der Waals surface area contributed by atoms with Crippen molar-refractivity contribution in [1.82, 2.24) is 0 Å². The second-order valence-corrected chi connectivity index (χ2v) is 6.19. The second kappa shape index (κ2) is 8.02. The normalized spacial score (nSPS) is 12.4. The van der Waals surface area contributed by atoms with E-state index in [2.05, 4.69) is 38.1 Å². The van der Waals surface area contributed by atoms with Crippen molar-refractivity contribution < 1.29 is 9.84 Å². The summed E-state index contributed by atoms with van der Waals surface area (Å²) < 4.78 is 5.46. The number of ether oxygens (including phenoxy) is 1. The van der Waals surface area contributed by atoms with E-state index in [-0.39, 0.29) is 11.7 Å². The van der Waals surface area contributed by atoms with Gasteiger partial charge in [0.25, 0.3) is 0 Å². The standard InChI is InChI=1S/C20H27NO2/c1-4-23-20-12-15(5-10-19(20)22)11-18(13-21)17-8-6-16(7-9-17)14(2)3/h5-10,12,14,18,22H,4,11,13,21H2,1-3H3. The Hall–Kier alpha value is -2.00. The first-order chi connectivity index (χ1) is 11.0. The van der Waals surface area contributed by atoms with Gasteiger partial charge >= 0.3 is 0 Å². The first kappa shape index (κ1) is 17.4. The van der Waals surface area contributed by atoms with Gasteiger partial charge in [0.05, 0.1) is 6.61 Å². The van der Waals surface area contributed by atoms with Crippen molar-refractivity contribution in [2.75, 3.05) is 13.2 Å². The Bertz CT molecular complexity index is 620. The summed E-state index contributed by atoms with van der Waals surface area (Å²) in [7, 11) is 0. The molecule has 2 rings (SSSR count). The maximum Gasteiger partial charge on any atom is 0.161 e. The average molecular weight is 313 g/mol. The molecule has 2 aromatic rings. The lowest BCUT2D eigenvalue weighted by atomic mass is 9.90. The van der Waals surface area contributed by atoms with E-state index >= 15 is 0 Å². The van der Waals surface area contributed by atoms with Gasteiger partial charge in [0, 0.05) is 5.92 Å². The Morgan fingerprint density at radius 1 is 1.04 bits per heavy atom. The summed E-state index contributed by atoms with van der Waals surface area (Å²) >= 11 is 0. The Labute approximate surface area is 139 Å². The predicted octanol–water partition coefficient (Wildman–Crippen LogP) is 4.20. The second-order valence-electron chi connectivity index (χ2n) is 6.19. The molecule has 0 fully saturated rings. The van der Waals surface area contributed by atoms with Gasteiger partial charge in [-0.25, -0.2) is 0 Å². The van der Waals surface area contributed by atoms with Crippen LogP contribution >= 0.6 is 0 Å².